The summed E-state index contributed by atoms with van der Waals surface area (Å²) >= 11 is 0. The molecule has 1 heteroatoms. The van der Waals surface area contributed by atoms with Gasteiger partial charge in [-0.15, -0.1) is 0 Å². The highest BCUT2D eigenvalue weighted by Crippen LogP contribution is 2.24. The number of hydrogen-bond acceptors (Lipinski definition) is 1. The quantitative estimate of drug-likeness (QED) is 0.561. The Morgan fingerprint density at radius 3 is 2.20 bits per heavy atom. The number of unbranched alkanes of at least 4 members (excludes halogenated alkanes) is 3. The van der Waals surface area contributed by atoms with E-state index >= 15 is 0 Å². The second kappa shape index (κ2) is 8.15. The van der Waals surface area contributed by atoms with E-state index < -0.39 is 0 Å². The molecule has 15 heavy (non-hydrogen) atoms. The monoisotopic (exact) mass is 213 g/mol. The Kier molecular flexibility index (Phi) is 8.13. The molecule has 0 aromatic heterocycles. The van der Waals surface area contributed by atoms with Gasteiger partial charge in [-0.2, -0.15) is 0 Å². The fraction of sp³-hybridized carbons (Fsp3) is 1.00. The molecule has 1 unspecified atom stereocenters. The summed E-state index contributed by atoms with van der Waals surface area (Å²) in [5.74, 6) is 0.907. The molecule has 1 N–H and O–H groups in total. The minimum Gasteiger partial charge on any atom is -0.315 e. The first kappa shape index (κ1) is 15.0. The molecule has 0 rings (SSSR count). The van der Waals surface area contributed by atoms with Gasteiger partial charge < -0.3 is 5.32 Å². The van der Waals surface area contributed by atoms with Gasteiger partial charge in [0.05, 0.1) is 0 Å². The number of rotatable bonds is 9. The van der Waals surface area contributed by atoms with E-state index in [0.717, 1.165) is 5.92 Å². The summed E-state index contributed by atoms with van der Waals surface area (Å²) in [6, 6.07) is 0. The Labute approximate surface area is 97.0 Å². The summed E-state index contributed by atoms with van der Waals surface area (Å²) in [6.07, 6.45) is 9.66. The van der Waals surface area contributed by atoms with E-state index in [1.807, 2.05) is 0 Å². The summed E-state index contributed by atoms with van der Waals surface area (Å²) in [4.78, 5) is 0. The second-order valence-electron chi connectivity index (χ2n) is 5.46. The zero-order valence-electron chi connectivity index (χ0n) is 11.5. The third kappa shape index (κ3) is 7.84. The third-order valence-corrected chi connectivity index (χ3v) is 3.52. The van der Waals surface area contributed by atoms with E-state index in [9.17, 15) is 0 Å². The first-order valence-corrected chi connectivity index (χ1v) is 6.74. The van der Waals surface area contributed by atoms with E-state index in [2.05, 4.69) is 40.1 Å². The molecule has 0 radical (unpaired) electrons. The van der Waals surface area contributed by atoms with Crippen LogP contribution < -0.4 is 5.32 Å². The van der Waals surface area contributed by atoms with Crippen LogP contribution in [0.4, 0.5) is 0 Å². The molecule has 0 aromatic rings. The maximum absolute atomic E-state index is 3.41. The van der Waals surface area contributed by atoms with Crippen LogP contribution in [0.2, 0.25) is 0 Å². The van der Waals surface area contributed by atoms with Crippen LogP contribution in [-0.2, 0) is 0 Å². The molecule has 92 valence electrons. The summed E-state index contributed by atoms with van der Waals surface area (Å²) in [7, 11) is 2.07. The average Bonchev–Trinajstić information content (AvgIpc) is 2.22. The first-order valence-electron chi connectivity index (χ1n) is 6.74. The molecule has 1 atom stereocenters. The minimum absolute atomic E-state index is 0.311. The van der Waals surface area contributed by atoms with E-state index in [1.165, 1.54) is 44.9 Å². The van der Waals surface area contributed by atoms with Crippen LogP contribution in [-0.4, -0.2) is 12.6 Å². The standard InChI is InChI=1S/C14H31N/c1-6-8-9-10-11-13(7-2)12-14(3,4)15-5/h13,15H,6-12H2,1-5H3. The normalized spacial score (nSPS) is 14.2. The lowest BCUT2D eigenvalue weighted by Gasteiger charge is -2.29. The van der Waals surface area contributed by atoms with E-state index in [0.29, 0.717) is 5.54 Å². The highest BCUT2D eigenvalue weighted by Gasteiger charge is 2.19. The van der Waals surface area contributed by atoms with Gasteiger partial charge in [0.25, 0.3) is 0 Å². The van der Waals surface area contributed by atoms with Gasteiger partial charge in [-0.25, -0.2) is 0 Å². The van der Waals surface area contributed by atoms with Crippen LogP contribution in [0.5, 0.6) is 0 Å². The van der Waals surface area contributed by atoms with Crippen molar-refractivity contribution in [2.75, 3.05) is 7.05 Å². The molecule has 0 aliphatic heterocycles. The van der Waals surface area contributed by atoms with Gasteiger partial charge in [-0.05, 0) is 33.2 Å². The van der Waals surface area contributed by atoms with Crippen LogP contribution in [0.3, 0.4) is 0 Å². The molecule has 0 amide bonds. The predicted octanol–water partition coefficient (Wildman–Crippen LogP) is 4.37. The SMILES string of the molecule is CCCCCCC(CC)CC(C)(C)NC. The summed E-state index contributed by atoms with van der Waals surface area (Å²) in [5.41, 5.74) is 0.311. The average molecular weight is 213 g/mol. The maximum Gasteiger partial charge on any atom is 0.0124 e. The van der Waals surface area contributed by atoms with Crippen molar-refractivity contribution in [3.05, 3.63) is 0 Å². The van der Waals surface area contributed by atoms with Crippen molar-refractivity contribution in [2.45, 2.75) is 78.2 Å². The second-order valence-corrected chi connectivity index (χ2v) is 5.46. The fourth-order valence-corrected chi connectivity index (χ4v) is 2.13. The smallest absolute Gasteiger partial charge is 0.0124 e. The molecule has 0 saturated heterocycles. The fourth-order valence-electron chi connectivity index (χ4n) is 2.13. The Morgan fingerprint density at radius 2 is 1.73 bits per heavy atom. The van der Waals surface area contributed by atoms with Crippen LogP contribution in [0.25, 0.3) is 0 Å². The van der Waals surface area contributed by atoms with Gasteiger partial charge in [-0.1, -0.05) is 52.4 Å². The van der Waals surface area contributed by atoms with Crippen molar-refractivity contribution in [3.63, 3.8) is 0 Å². The maximum atomic E-state index is 3.41. The molecular formula is C14H31N. The highest BCUT2D eigenvalue weighted by molar-refractivity contribution is 4.78. The van der Waals surface area contributed by atoms with Gasteiger partial charge in [0.2, 0.25) is 0 Å². The van der Waals surface area contributed by atoms with Gasteiger partial charge in [0.1, 0.15) is 0 Å². The first-order chi connectivity index (χ1) is 7.05. The molecule has 0 saturated carbocycles. The summed E-state index contributed by atoms with van der Waals surface area (Å²) < 4.78 is 0. The van der Waals surface area contributed by atoms with E-state index in [1.54, 1.807) is 0 Å². The lowest BCUT2D eigenvalue weighted by Crippen LogP contribution is -2.38. The van der Waals surface area contributed by atoms with E-state index in [-0.39, 0.29) is 0 Å². The summed E-state index contributed by atoms with van der Waals surface area (Å²) in [5, 5.41) is 3.41. The largest absolute Gasteiger partial charge is 0.315 e. The molecule has 0 spiro atoms. The predicted molar refractivity (Wildman–Crippen MR) is 70.3 cm³/mol. The van der Waals surface area contributed by atoms with Crippen molar-refractivity contribution in [2.24, 2.45) is 5.92 Å². The topological polar surface area (TPSA) is 12.0 Å². The zero-order valence-corrected chi connectivity index (χ0v) is 11.5. The van der Waals surface area contributed by atoms with Gasteiger partial charge in [0, 0.05) is 5.54 Å². The van der Waals surface area contributed by atoms with Crippen molar-refractivity contribution < 1.29 is 0 Å². The number of nitrogens with one attached hydrogen (secondary N) is 1. The highest BCUT2D eigenvalue weighted by atomic mass is 14.9. The van der Waals surface area contributed by atoms with Crippen molar-refractivity contribution in [3.8, 4) is 0 Å². The van der Waals surface area contributed by atoms with Crippen LogP contribution in [0.15, 0.2) is 0 Å². The molecule has 0 aliphatic rings. The lowest BCUT2D eigenvalue weighted by molar-refractivity contribution is 0.290. The Balaban J connectivity index is 3.72. The molecule has 0 fully saturated rings. The van der Waals surface area contributed by atoms with Gasteiger partial charge >= 0.3 is 0 Å². The van der Waals surface area contributed by atoms with Crippen LogP contribution in [0.1, 0.15) is 72.6 Å². The summed E-state index contributed by atoms with van der Waals surface area (Å²) in [6.45, 7) is 9.22. The lowest BCUT2D eigenvalue weighted by atomic mass is 9.85. The number of hydrogen-bond donors (Lipinski definition) is 1. The molecule has 0 aromatic carbocycles. The van der Waals surface area contributed by atoms with Crippen molar-refractivity contribution in [1.82, 2.24) is 5.32 Å². The third-order valence-electron chi connectivity index (χ3n) is 3.52. The Morgan fingerprint density at radius 1 is 1.07 bits per heavy atom. The molecule has 0 heterocycles. The minimum atomic E-state index is 0.311. The molecule has 1 nitrogen and oxygen atoms in total. The van der Waals surface area contributed by atoms with Crippen molar-refractivity contribution in [1.29, 1.82) is 0 Å². The van der Waals surface area contributed by atoms with Crippen LogP contribution >= 0.6 is 0 Å². The van der Waals surface area contributed by atoms with Gasteiger partial charge in [-0.3, -0.25) is 0 Å². The zero-order chi connectivity index (χ0) is 11.7. The molecule has 0 bridgehead atoms. The van der Waals surface area contributed by atoms with Crippen molar-refractivity contribution >= 4 is 0 Å². The Bertz CT molecular complexity index is 140. The van der Waals surface area contributed by atoms with Crippen LogP contribution in [0, 0.1) is 5.92 Å². The molecule has 0 aliphatic carbocycles. The van der Waals surface area contributed by atoms with Gasteiger partial charge in [0.15, 0.2) is 0 Å². The molecular weight excluding hydrogens is 182 g/mol. The Hall–Kier alpha value is -0.0400. The van der Waals surface area contributed by atoms with E-state index in [4.69, 9.17) is 0 Å².